The van der Waals surface area contributed by atoms with E-state index in [-0.39, 0.29) is 23.2 Å². The Labute approximate surface area is 191 Å². The highest BCUT2D eigenvalue weighted by Gasteiger charge is 2.15. The molecule has 1 heterocycles. The molecule has 0 saturated heterocycles. The van der Waals surface area contributed by atoms with E-state index in [1.54, 1.807) is 12.1 Å². The van der Waals surface area contributed by atoms with Crippen LogP contribution in [0.3, 0.4) is 0 Å². The van der Waals surface area contributed by atoms with Gasteiger partial charge in [0.25, 0.3) is 11.5 Å². The number of pyridine rings is 1. The van der Waals surface area contributed by atoms with Crippen molar-refractivity contribution < 1.29 is 9.18 Å². The SMILES string of the molecule is CNc1ccccc1-c1cccc(C(C)NC(=O)c2ccc(=O)n(-c3ccccc3F)c2)c1. The molecule has 4 rings (SSSR count). The summed E-state index contributed by atoms with van der Waals surface area (Å²) in [4.78, 5) is 25.2. The first kappa shape index (κ1) is 22.0. The molecule has 0 spiro atoms. The molecule has 33 heavy (non-hydrogen) atoms. The number of carbonyl (C=O) groups is 1. The van der Waals surface area contributed by atoms with E-state index in [2.05, 4.69) is 10.6 Å². The number of carbonyl (C=O) groups excluding carboxylic acids is 1. The van der Waals surface area contributed by atoms with Crippen LogP contribution in [0.5, 0.6) is 0 Å². The standard InChI is InChI=1S/C27H24FN3O2/c1-18(19-8-7-9-20(16-19)22-10-3-5-12-24(22)29-2)30-27(33)21-14-15-26(32)31(17-21)25-13-6-4-11-23(25)28/h3-18,29H,1-2H3,(H,30,33). The van der Waals surface area contributed by atoms with Crippen molar-refractivity contribution in [2.75, 3.05) is 12.4 Å². The summed E-state index contributed by atoms with van der Waals surface area (Å²) >= 11 is 0. The van der Waals surface area contributed by atoms with Gasteiger partial charge in [0.1, 0.15) is 5.82 Å². The normalized spacial score (nSPS) is 11.6. The highest BCUT2D eigenvalue weighted by atomic mass is 19.1. The van der Waals surface area contributed by atoms with E-state index >= 15 is 0 Å². The lowest BCUT2D eigenvalue weighted by Crippen LogP contribution is -2.28. The van der Waals surface area contributed by atoms with Gasteiger partial charge in [0.05, 0.1) is 17.3 Å². The van der Waals surface area contributed by atoms with Crippen molar-refractivity contribution in [2.45, 2.75) is 13.0 Å². The fourth-order valence-corrected chi connectivity index (χ4v) is 3.75. The molecule has 1 amide bonds. The molecule has 1 atom stereocenters. The lowest BCUT2D eigenvalue weighted by atomic mass is 9.98. The Hall–Kier alpha value is -4.19. The van der Waals surface area contributed by atoms with Crippen molar-refractivity contribution in [3.8, 4) is 16.8 Å². The number of para-hydroxylation sites is 2. The van der Waals surface area contributed by atoms with E-state index in [1.165, 1.54) is 30.5 Å². The van der Waals surface area contributed by atoms with E-state index in [9.17, 15) is 14.0 Å². The summed E-state index contributed by atoms with van der Waals surface area (Å²) in [7, 11) is 1.88. The zero-order chi connectivity index (χ0) is 23.4. The minimum Gasteiger partial charge on any atom is -0.388 e. The van der Waals surface area contributed by atoms with E-state index in [4.69, 9.17) is 0 Å². The lowest BCUT2D eigenvalue weighted by Gasteiger charge is -2.17. The molecule has 0 fully saturated rings. The second-order valence-corrected chi connectivity index (χ2v) is 7.69. The largest absolute Gasteiger partial charge is 0.388 e. The maximum Gasteiger partial charge on any atom is 0.255 e. The van der Waals surface area contributed by atoms with Crippen molar-refractivity contribution >= 4 is 11.6 Å². The summed E-state index contributed by atoms with van der Waals surface area (Å²) in [6, 6.07) is 24.4. The van der Waals surface area contributed by atoms with Crippen LogP contribution >= 0.6 is 0 Å². The number of amides is 1. The van der Waals surface area contributed by atoms with Crippen molar-refractivity contribution in [3.63, 3.8) is 0 Å². The van der Waals surface area contributed by atoms with Gasteiger partial charge in [-0.15, -0.1) is 0 Å². The van der Waals surface area contributed by atoms with Gasteiger partial charge in [-0.1, -0.05) is 48.5 Å². The molecule has 4 aromatic rings. The van der Waals surface area contributed by atoms with E-state index in [0.29, 0.717) is 0 Å². The molecule has 0 aliphatic rings. The van der Waals surface area contributed by atoms with Gasteiger partial charge in [-0.2, -0.15) is 0 Å². The molecule has 166 valence electrons. The maximum absolute atomic E-state index is 14.2. The van der Waals surface area contributed by atoms with Crippen molar-refractivity contribution in [1.29, 1.82) is 0 Å². The molecule has 0 bridgehead atoms. The Morgan fingerprint density at radius 1 is 0.939 bits per heavy atom. The third-order valence-corrected chi connectivity index (χ3v) is 5.53. The van der Waals surface area contributed by atoms with Crippen LogP contribution in [0.15, 0.2) is 95.9 Å². The molecule has 1 unspecified atom stereocenters. The molecule has 2 N–H and O–H groups in total. The number of nitrogens with zero attached hydrogens (tertiary/aromatic N) is 1. The molecule has 0 radical (unpaired) electrons. The minimum atomic E-state index is -0.538. The Bertz CT molecular complexity index is 1360. The summed E-state index contributed by atoms with van der Waals surface area (Å²) in [5.74, 6) is -0.891. The van der Waals surface area contributed by atoms with Crippen molar-refractivity contribution in [2.24, 2.45) is 0 Å². The van der Waals surface area contributed by atoms with Crippen LogP contribution in [-0.2, 0) is 0 Å². The second-order valence-electron chi connectivity index (χ2n) is 7.69. The minimum absolute atomic E-state index is 0.0982. The van der Waals surface area contributed by atoms with Gasteiger partial charge in [0, 0.05) is 30.6 Å². The number of halogens is 1. The number of anilines is 1. The summed E-state index contributed by atoms with van der Waals surface area (Å²) < 4.78 is 15.3. The zero-order valence-corrected chi connectivity index (χ0v) is 18.4. The lowest BCUT2D eigenvalue weighted by molar-refractivity contribution is 0.0939. The van der Waals surface area contributed by atoms with Crippen molar-refractivity contribution in [1.82, 2.24) is 9.88 Å². The first-order chi connectivity index (χ1) is 16.0. The van der Waals surface area contributed by atoms with E-state index in [0.717, 1.165) is 26.9 Å². The zero-order valence-electron chi connectivity index (χ0n) is 18.4. The van der Waals surface area contributed by atoms with Gasteiger partial charge in [0.15, 0.2) is 0 Å². The first-order valence-electron chi connectivity index (χ1n) is 10.6. The van der Waals surface area contributed by atoms with Gasteiger partial charge in [-0.25, -0.2) is 4.39 Å². The molecule has 0 saturated carbocycles. The number of aromatic nitrogens is 1. The average molecular weight is 442 g/mol. The fourth-order valence-electron chi connectivity index (χ4n) is 3.75. The molecule has 3 aromatic carbocycles. The predicted octanol–water partition coefficient (Wildman–Crippen LogP) is 5.18. The molecule has 0 aliphatic heterocycles. The third kappa shape index (κ3) is 4.70. The van der Waals surface area contributed by atoms with Crippen LogP contribution in [0, 0.1) is 5.82 Å². The van der Waals surface area contributed by atoms with Gasteiger partial charge in [0.2, 0.25) is 0 Å². The number of benzene rings is 3. The number of nitrogens with one attached hydrogen (secondary N) is 2. The molecule has 1 aromatic heterocycles. The number of rotatable bonds is 6. The van der Waals surface area contributed by atoms with Gasteiger partial charge >= 0.3 is 0 Å². The smallest absolute Gasteiger partial charge is 0.255 e. The Balaban J connectivity index is 1.58. The van der Waals surface area contributed by atoms with Crippen LogP contribution in [0.4, 0.5) is 10.1 Å². The third-order valence-electron chi connectivity index (χ3n) is 5.53. The monoisotopic (exact) mass is 441 g/mol. The Morgan fingerprint density at radius 2 is 1.70 bits per heavy atom. The summed E-state index contributed by atoms with van der Waals surface area (Å²) in [6.07, 6.45) is 1.36. The second kappa shape index (κ2) is 9.53. The summed E-state index contributed by atoms with van der Waals surface area (Å²) in [5.41, 5.74) is 4.00. The highest BCUT2D eigenvalue weighted by molar-refractivity contribution is 5.94. The number of hydrogen-bond donors (Lipinski definition) is 2. The molecule has 6 heteroatoms. The van der Waals surface area contributed by atoms with Crippen LogP contribution < -0.4 is 16.2 Å². The van der Waals surface area contributed by atoms with Crippen LogP contribution in [0.1, 0.15) is 28.9 Å². The van der Waals surface area contributed by atoms with Crippen LogP contribution in [0.2, 0.25) is 0 Å². The van der Waals surface area contributed by atoms with Crippen LogP contribution in [-0.4, -0.2) is 17.5 Å². The molecular formula is C27H24FN3O2. The predicted molar refractivity (Wildman–Crippen MR) is 129 cm³/mol. The van der Waals surface area contributed by atoms with E-state index in [1.807, 2.05) is 62.5 Å². The van der Waals surface area contributed by atoms with Gasteiger partial charge < -0.3 is 10.6 Å². The van der Waals surface area contributed by atoms with Gasteiger partial charge in [-0.05, 0) is 48.4 Å². The van der Waals surface area contributed by atoms with E-state index < -0.39 is 11.4 Å². The highest BCUT2D eigenvalue weighted by Crippen LogP contribution is 2.29. The quantitative estimate of drug-likeness (QED) is 0.434. The van der Waals surface area contributed by atoms with Crippen LogP contribution in [0.25, 0.3) is 16.8 Å². The summed E-state index contributed by atoms with van der Waals surface area (Å²) in [6.45, 7) is 1.90. The Kier molecular flexibility index (Phi) is 6.36. The number of hydrogen-bond acceptors (Lipinski definition) is 3. The van der Waals surface area contributed by atoms with Crippen molar-refractivity contribution in [3.05, 3.63) is 118 Å². The fraction of sp³-hybridized carbons (Fsp3) is 0.111. The molecule has 5 nitrogen and oxygen atoms in total. The Morgan fingerprint density at radius 3 is 2.48 bits per heavy atom. The topological polar surface area (TPSA) is 63.1 Å². The average Bonchev–Trinajstić information content (AvgIpc) is 2.84. The summed E-state index contributed by atoms with van der Waals surface area (Å²) in [5, 5.41) is 6.17. The van der Waals surface area contributed by atoms with Gasteiger partial charge in [-0.3, -0.25) is 14.2 Å². The first-order valence-corrected chi connectivity index (χ1v) is 10.6. The molecule has 0 aliphatic carbocycles. The maximum atomic E-state index is 14.2. The molecular weight excluding hydrogens is 417 g/mol.